The summed E-state index contributed by atoms with van der Waals surface area (Å²) >= 11 is 0. The van der Waals surface area contributed by atoms with Gasteiger partial charge in [-0.2, -0.15) is 0 Å². The maximum absolute atomic E-state index is 12.5. The van der Waals surface area contributed by atoms with Gasteiger partial charge in [-0.3, -0.25) is 19.0 Å². The normalized spacial score (nSPS) is 10.7. The summed E-state index contributed by atoms with van der Waals surface area (Å²) in [7, 11) is 0. The number of carbonyl (C=O) groups excluding carboxylic acids is 2. The Bertz CT molecular complexity index is 856. The number of pyridine rings is 2. The van der Waals surface area contributed by atoms with Crippen molar-refractivity contribution in [1.29, 1.82) is 0 Å². The Kier molecular flexibility index (Phi) is 4.14. The van der Waals surface area contributed by atoms with Crippen LogP contribution in [-0.4, -0.2) is 32.7 Å². The van der Waals surface area contributed by atoms with Crippen molar-refractivity contribution < 1.29 is 14.3 Å². The third-order valence-corrected chi connectivity index (χ3v) is 3.36. The topological polar surface area (TPSA) is 73.6 Å². The Labute approximate surface area is 132 Å². The van der Waals surface area contributed by atoms with Gasteiger partial charge in [0.25, 0.3) is 0 Å². The zero-order chi connectivity index (χ0) is 16.2. The van der Waals surface area contributed by atoms with Gasteiger partial charge in [-0.25, -0.2) is 4.98 Å². The highest BCUT2D eigenvalue weighted by molar-refractivity contribution is 6.08. The summed E-state index contributed by atoms with van der Waals surface area (Å²) < 4.78 is 6.68. The third-order valence-electron chi connectivity index (χ3n) is 3.36. The lowest BCUT2D eigenvalue weighted by Gasteiger charge is -2.05. The molecule has 0 aliphatic heterocycles. The summed E-state index contributed by atoms with van der Waals surface area (Å²) in [6, 6.07) is 9.12. The minimum atomic E-state index is -0.546. The quantitative estimate of drug-likeness (QED) is 0.411. The maximum Gasteiger partial charge on any atom is 0.313 e. The van der Waals surface area contributed by atoms with Crippen LogP contribution in [0.4, 0.5) is 0 Å². The zero-order valence-corrected chi connectivity index (χ0v) is 12.6. The second-order valence-electron chi connectivity index (χ2n) is 4.88. The third kappa shape index (κ3) is 2.96. The van der Waals surface area contributed by atoms with Gasteiger partial charge in [0.2, 0.25) is 0 Å². The fourth-order valence-corrected chi connectivity index (χ4v) is 2.40. The number of fused-ring (bicyclic) bond motifs is 1. The van der Waals surface area contributed by atoms with Crippen LogP contribution in [0.3, 0.4) is 0 Å². The molecular weight excluding hydrogens is 294 g/mol. The lowest BCUT2D eigenvalue weighted by atomic mass is 10.1. The van der Waals surface area contributed by atoms with E-state index in [0.717, 1.165) is 5.56 Å². The smallest absolute Gasteiger partial charge is 0.313 e. The Morgan fingerprint density at radius 2 is 1.96 bits per heavy atom. The van der Waals surface area contributed by atoms with Gasteiger partial charge >= 0.3 is 5.97 Å². The lowest BCUT2D eigenvalue weighted by molar-refractivity contribution is -0.141. The number of hydrogen-bond donors (Lipinski definition) is 0. The van der Waals surface area contributed by atoms with Crippen LogP contribution in [0.15, 0.2) is 48.9 Å². The summed E-state index contributed by atoms with van der Waals surface area (Å²) in [6.45, 7) is 1.95. The number of ether oxygens (including phenoxy) is 1. The summed E-state index contributed by atoms with van der Waals surface area (Å²) in [5.74, 6) is -0.908. The maximum atomic E-state index is 12.5. The predicted molar refractivity (Wildman–Crippen MR) is 84.0 cm³/mol. The predicted octanol–water partition coefficient (Wildman–Crippen LogP) is 2.53. The standard InChI is InChI=1S/C17H15N3O3/c1-2-23-15(22)11-13(21)16-17(12-6-8-18-9-7-12)20-10-4-3-5-14(20)19-16/h3-10H,2,11H2,1H3. The van der Waals surface area contributed by atoms with Gasteiger partial charge in [0.05, 0.1) is 12.3 Å². The number of aromatic nitrogens is 3. The summed E-state index contributed by atoms with van der Waals surface area (Å²) in [5, 5.41) is 0. The fraction of sp³-hybridized carbons (Fsp3) is 0.176. The Morgan fingerprint density at radius 3 is 2.70 bits per heavy atom. The lowest BCUT2D eigenvalue weighted by Crippen LogP contribution is -2.12. The van der Waals surface area contributed by atoms with Crippen LogP contribution in [0.2, 0.25) is 0 Å². The molecule has 116 valence electrons. The number of rotatable bonds is 5. The Balaban J connectivity index is 2.09. The van der Waals surface area contributed by atoms with Crippen LogP contribution in [0.25, 0.3) is 16.9 Å². The van der Waals surface area contributed by atoms with E-state index in [1.165, 1.54) is 0 Å². The van der Waals surface area contributed by atoms with Crippen LogP contribution >= 0.6 is 0 Å². The molecule has 0 radical (unpaired) electrons. The monoisotopic (exact) mass is 309 g/mol. The molecule has 0 unspecified atom stereocenters. The van der Waals surface area contributed by atoms with Crippen molar-refractivity contribution in [2.24, 2.45) is 0 Å². The second kappa shape index (κ2) is 6.39. The molecule has 0 saturated heterocycles. The molecule has 6 nitrogen and oxygen atoms in total. The van der Waals surface area contributed by atoms with E-state index in [9.17, 15) is 9.59 Å². The van der Waals surface area contributed by atoms with Gasteiger partial charge in [0.1, 0.15) is 17.8 Å². The Hall–Kier alpha value is -3.02. The van der Waals surface area contributed by atoms with E-state index in [4.69, 9.17) is 4.74 Å². The van der Waals surface area contributed by atoms with Gasteiger partial charge in [0, 0.05) is 24.2 Å². The number of hydrogen-bond acceptors (Lipinski definition) is 5. The van der Waals surface area contributed by atoms with Crippen LogP contribution in [0, 0.1) is 0 Å². The SMILES string of the molecule is CCOC(=O)CC(=O)c1nc2ccccn2c1-c1ccncc1. The molecule has 6 heteroatoms. The van der Waals surface area contributed by atoms with E-state index in [0.29, 0.717) is 11.3 Å². The van der Waals surface area contributed by atoms with Crippen molar-refractivity contribution >= 4 is 17.4 Å². The number of nitrogens with zero attached hydrogens (tertiary/aromatic N) is 3. The second-order valence-corrected chi connectivity index (χ2v) is 4.88. The van der Waals surface area contributed by atoms with Gasteiger partial charge in [-0.05, 0) is 31.2 Å². The van der Waals surface area contributed by atoms with Crippen LogP contribution in [0.1, 0.15) is 23.8 Å². The Morgan fingerprint density at radius 1 is 1.17 bits per heavy atom. The number of imidazole rings is 1. The minimum Gasteiger partial charge on any atom is -0.466 e. The molecule has 0 fully saturated rings. The molecule has 3 heterocycles. The first-order valence-corrected chi connectivity index (χ1v) is 7.27. The molecule has 3 aromatic heterocycles. The summed E-state index contributed by atoms with van der Waals surface area (Å²) in [4.78, 5) is 32.5. The zero-order valence-electron chi connectivity index (χ0n) is 12.6. The van der Waals surface area contributed by atoms with E-state index in [1.54, 1.807) is 31.5 Å². The first-order valence-electron chi connectivity index (χ1n) is 7.27. The molecule has 0 aromatic carbocycles. The van der Waals surface area contributed by atoms with Gasteiger partial charge in [0.15, 0.2) is 5.78 Å². The number of ketones is 1. The molecule has 0 N–H and O–H groups in total. The first kappa shape index (κ1) is 14.9. The van der Waals surface area contributed by atoms with Crippen molar-refractivity contribution in [2.75, 3.05) is 6.61 Å². The van der Waals surface area contributed by atoms with Crippen molar-refractivity contribution in [1.82, 2.24) is 14.4 Å². The molecule has 0 aliphatic rings. The van der Waals surface area contributed by atoms with Gasteiger partial charge in [-0.15, -0.1) is 0 Å². The molecule has 3 rings (SSSR count). The number of esters is 1. The molecule has 0 atom stereocenters. The van der Waals surface area contributed by atoms with Crippen LogP contribution < -0.4 is 0 Å². The first-order chi connectivity index (χ1) is 11.2. The highest BCUT2D eigenvalue weighted by Crippen LogP contribution is 2.25. The largest absolute Gasteiger partial charge is 0.466 e. The molecule has 0 amide bonds. The van der Waals surface area contributed by atoms with Crippen molar-refractivity contribution in [3.63, 3.8) is 0 Å². The van der Waals surface area contributed by atoms with E-state index < -0.39 is 5.97 Å². The highest BCUT2D eigenvalue weighted by Gasteiger charge is 2.22. The minimum absolute atomic E-state index is 0.245. The van der Waals surface area contributed by atoms with Crippen molar-refractivity contribution in [3.8, 4) is 11.3 Å². The molecular formula is C17H15N3O3. The van der Waals surface area contributed by atoms with Crippen LogP contribution in [-0.2, 0) is 9.53 Å². The van der Waals surface area contributed by atoms with Crippen molar-refractivity contribution in [2.45, 2.75) is 13.3 Å². The molecule has 3 aromatic rings. The summed E-state index contributed by atoms with van der Waals surface area (Å²) in [6.07, 6.45) is 4.81. The van der Waals surface area contributed by atoms with E-state index in [1.807, 2.05) is 28.8 Å². The molecule has 0 bridgehead atoms. The van der Waals surface area contributed by atoms with E-state index in [2.05, 4.69) is 9.97 Å². The molecule has 23 heavy (non-hydrogen) atoms. The van der Waals surface area contributed by atoms with E-state index >= 15 is 0 Å². The van der Waals surface area contributed by atoms with Crippen molar-refractivity contribution in [3.05, 3.63) is 54.6 Å². The average Bonchev–Trinajstić information content (AvgIpc) is 2.95. The molecule has 0 saturated carbocycles. The van der Waals surface area contributed by atoms with E-state index in [-0.39, 0.29) is 24.5 Å². The average molecular weight is 309 g/mol. The van der Waals surface area contributed by atoms with Gasteiger partial charge < -0.3 is 4.74 Å². The summed E-state index contributed by atoms with van der Waals surface area (Å²) in [5.41, 5.74) is 2.37. The molecule has 0 aliphatic carbocycles. The van der Waals surface area contributed by atoms with Gasteiger partial charge in [-0.1, -0.05) is 6.07 Å². The number of carbonyl (C=O) groups is 2. The highest BCUT2D eigenvalue weighted by atomic mass is 16.5. The van der Waals surface area contributed by atoms with Crippen LogP contribution in [0.5, 0.6) is 0 Å². The fourth-order valence-electron chi connectivity index (χ4n) is 2.40. The number of Topliss-reactive ketones (excluding diaryl/α,β-unsaturated/α-hetero) is 1. The molecule has 0 spiro atoms.